The van der Waals surface area contributed by atoms with Gasteiger partial charge in [0.2, 0.25) is 0 Å². The molecule has 3 heterocycles. The van der Waals surface area contributed by atoms with Crippen molar-refractivity contribution in [3.8, 4) is 0 Å². The van der Waals surface area contributed by atoms with Gasteiger partial charge < -0.3 is 4.90 Å². The topological polar surface area (TPSA) is 101 Å². The summed E-state index contributed by atoms with van der Waals surface area (Å²) in [4.78, 5) is 14.7. The highest BCUT2D eigenvalue weighted by Gasteiger charge is 2.33. The van der Waals surface area contributed by atoms with Crippen molar-refractivity contribution in [1.82, 2.24) is 24.9 Å². The van der Waals surface area contributed by atoms with Gasteiger partial charge in [0.25, 0.3) is 5.91 Å². The predicted octanol–water partition coefficient (Wildman–Crippen LogP) is 1.22. The second kappa shape index (κ2) is 6.04. The fraction of sp³-hybridized carbons (Fsp3) is 0.533. The molecule has 1 aliphatic heterocycles. The number of aromatic amines is 1. The van der Waals surface area contributed by atoms with Gasteiger partial charge in [-0.3, -0.25) is 14.6 Å². The lowest BCUT2D eigenvalue weighted by Gasteiger charge is -2.18. The normalized spacial score (nSPS) is 18.5. The van der Waals surface area contributed by atoms with Crippen molar-refractivity contribution in [2.75, 3.05) is 19.3 Å². The molecule has 2 aromatic rings. The second-order valence-corrected chi connectivity index (χ2v) is 8.40. The summed E-state index contributed by atoms with van der Waals surface area (Å²) in [5.41, 5.74) is 1.14. The van der Waals surface area contributed by atoms with E-state index in [2.05, 4.69) is 15.3 Å². The smallest absolute Gasteiger partial charge is 0.272 e. The largest absolute Gasteiger partial charge is 0.337 e. The number of hydrogen-bond donors (Lipinski definition) is 1. The van der Waals surface area contributed by atoms with E-state index in [1.807, 2.05) is 13.8 Å². The lowest BCUT2D eigenvalue weighted by molar-refractivity contribution is 0.0776. The molecule has 0 aliphatic carbocycles. The predicted molar refractivity (Wildman–Crippen MR) is 87.6 cm³/mol. The minimum atomic E-state index is -3.34. The zero-order valence-corrected chi connectivity index (χ0v) is 14.7. The first kappa shape index (κ1) is 16.7. The summed E-state index contributed by atoms with van der Waals surface area (Å²) in [7, 11) is -3.34. The van der Waals surface area contributed by atoms with E-state index in [-0.39, 0.29) is 22.8 Å². The van der Waals surface area contributed by atoms with Crippen LogP contribution in [0.2, 0.25) is 0 Å². The average Bonchev–Trinajstić information content (AvgIpc) is 3.23. The molecule has 0 saturated carbocycles. The van der Waals surface area contributed by atoms with Crippen molar-refractivity contribution in [3.05, 3.63) is 29.8 Å². The standard InChI is InChI=1S/C15H21N5O3S/c1-10(2)20-12(4-6-17-20)15(21)19-7-5-11(9-19)14-13(8-16-18-14)24(3,22)23/h4,6,8,10-11H,5,7,9H2,1-3H3,(H,16,18)/t11-/m1/s1. The number of nitrogens with one attached hydrogen (secondary N) is 1. The number of rotatable bonds is 4. The molecular weight excluding hydrogens is 330 g/mol. The Morgan fingerprint density at radius 2 is 2.17 bits per heavy atom. The first-order chi connectivity index (χ1) is 11.3. The Kier molecular flexibility index (Phi) is 4.20. The van der Waals surface area contributed by atoms with Crippen LogP contribution in [-0.2, 0) is 9.84 Å². The van der Waals surface area contributed by atoms with Gasteiger partial charge in [-0.15, -0.1) is 0 Å². The van der Waals surface area contributed by atoms with Gasteiger partial charge in [0.15, 0.2) is 9.84 Å². The summed E-state index contributed by atoms with van der Waals surface area (Å²) < 4.78 is 25.4. The van der Waals surface area contributed by atoms with Crippen LogP contribution in [-0.4, -0.2) is 58.5 Å². The van der Waals surface area contributed by atoms with Crippen LogP contribution in [0.4, 0.5) is 0 Å². The number of sulfone groups is 1. The van der Waals surface area contributed by atoms with Crippen molar-refractivity contribution in [2.24, 2.45) is 0 Å². The fourth-order valence-corrected chi connectivity index (χ4v) is 3.97. The van der Waals surface area contributed by atoms with Crippen molar-refractivity contribution < 1.29 is 13.2 Å². The van der Waals surface area contributed by atoms with Gasteiger partial charge in [0.1, 0.15) is 10.6 Å². The highest BCUT2D eigenvalue weighted by atomic mass is 32.2. The van der Waals surface area contributed by atoms with Crippen LogP contribution in [0.1, 0.15) is 48.4 Å². The zero-order valence-electron chi connectivity index (χ0n) is 13.9. The molecule has 0 spiro atoms. The Hall–Kier alpha value is -2.16. The van der Waals surface area contributed by atoms with E-state index in [4.69, 9.17) is 0 Å². The number of carbonyl (C=O) groups excluding carboxylic acids is 1. The molecule has 24 heavy (non-hydrogen) atoms. The van der Waals surface area contributed by atoms with Crippen molar-refractivity contribution in [2.45, 2.75) is 37.1 Å². The van der Waals surface area contributed by atoms with E-state index in [1.165, 1.54) is 12.5 Å². The van der Waals surface area contributed by atoms with Crippen LogP contribution in [0.5, 0.6) is 0 Å². The molecule has 1 N–H and O–H groups in total. The third-order valence-corrected chi connectivity index (χ3v) is 5.42. The van der Waals surface area contributed by atoms with Gasteiger partial charge in [-0.2, -0.15) is 10.2 Å². The Balaban J connectivity index is 1.80. The monoisotopic (exact) mass is 351 g/mol. The maximum atomic E-state index is 12.8. The van der Waals surface area contributed by atoms with Crippen LogP contribution in [0.25, 0.3) is 0 Å². The van der Waals surface area contributed by atoms with E-state index in [0.29, 0.717) is 30.9 Å². The van der Waals surface area contributed by atoms with E-state index < -0.39 is 9.84 Å². The summed E-state index contributed by atoms with van der Waals surface area (Å²) in [6.07, 6.45) is 4.83. The highest BCUT2D eigenvalue weighted by molar-refractivity contribution is 7.90. The molecular formula is C15H21N5O3S. The third-order valence-electron chi connectivity index (χ3n) is 4.29. The van der Waals surface area contributed by atoms with Gasteiger partial charge >= 0.3 is 0 Å². The second-order valence-electron chi connectivity index (χ2n) is 6.41. The van der Waals surface area contributed by atoms with Crippen molar-refractivity contribution in [1.29, 1.82) is 0 Å². The molecule has 0 bridgehead atoms. The van der Waals surface area contributed by atoms with Gasteiger partial charge in [-0.1, -0.05) is 0 Å². The molecule has 0 radical (unpaired) electrons. The number of hydrogen-bond acceptors (Lipinski definition) is 5. The fourth-order valence-electron chi connectivity index (χ4n) is 3.11. The van der Waals surface area contributed by atoms with Crippen LogP contribution in [0.15, 0.2) is 23.4 Å². The number of nitrogens with zero attached hydrogens (tertiary/aromatic N) is 4. The summed E-state index contributed by atoms with van der Waals surface area (Å²) in [5.74, 6) is -0.138. The first-order valence-electron chi connectivity index (χ1n) is 7.85. The number of H-pyrrole nitrogens is 1. The first-order valence-corrected chi connectivity index (χ1v) is 9.74. The van der Waals surface area contributed by atoms with Gasteiger partial charge in [0.05, 0.1) is 11.9 Å². The van der Waals surface area contributed by atoms with Crippen molar-refractivity contribution >= 4 is 15.7 Å². The molecule has 1 fully saturated rings. The number of carbonyl (C=O) groups is 1. The lowest BCUT2D eigenvalue weighted by atomic mass is 10.1. The third kappa shape index (κ3) is 2.95. The van der Waals surface area contributed by atoms with Crippen LogP contribution < -0.4 is 0 Å². The molecule has 0 aromatic carbocycles. The molecule has 8 nitrogen and oxygen atoms in total. The Morgan fingerprint density at radius 3 is 2.83 bits per heavy atom. The summed E-state index contributed by atoms with van der Waals surface area (Å²) in [5, 5.41) is 10.9. The molecule has 0 unspecified atom stereocenters. The minimum absolute atomic E-state index is 0.0587. The molecule has 1 atom stereocenters. The molecule has 3 rings (SSSR count). The molecule has 130 valence electrons. The lowest BCUT2D eigenvalue weighted by Crippen LogP contribution is -2.31. The molecule has 1 aliphatic rings. The molecule has 2 aromatic heterocycles. The summed E-state index contributed by atoms with van der Waals surface area (Å²) in [6, 6.07) is 1.81. The maximum absolute atomic E-state index is 12.8. The van der Waals surface area contributed by atoms with Crippen LogP contribution >= 0.6 is 0 Å². The zero-order chi connectivity index (χ0) is 17.5. The minimum Gasteiger partial charge on any atom is -0.337 e. The number of aromatic nitrogens is 4. The van der Waals surface area contributed by atoms with Crippen LogP contribution in [0.3, 0.4) is 0 Å². The quantitative estimate of drug-likeness (QED) is 0.892. The van der Waals surface area contributed by atoms with E-state index >= 15 is 0 Å². The van der Waals surface area contributed by atoms with Gasteiger partial charge in [-0.25, -0.2) is 8.42 Å². The van der Waals surface area contributed by atoms with E-state index in [0.717, 1.165) is 0 Å². The number of likely N-dealkylation sites (tertiary alicyclic amines) is 1. The average molecular weight is 351 g/mol. The Labute approximate surface area is 140 Å². The Bertz CT molecular complexity index is 852. The summed E-state index contributed by atoms with van der Waals surface area (Å²) in [6.45, 7) is 4.99. The van der Waals surface area contributed by atoms with Gasteiger partial charge in [-0.05, 0) is 26.3 Å². The van der Waals surface area contributed by atoms with E-state index in [9.17, 15) is 13.2 Å². The molecule has 9 heteroatoms. The van der Waals surface area contributed by atoms with Crippen molar-refractivity contribution in [3.63, 3.8) is 0 Å². The maximum Gasteiger partial charge on any atom is 0.272 e. The SMILES string of the molecule is CC(C)n1nccc1C(=O)N1CC[C@@H](c2[nH]ncc2S(C)(=O)=O)C1. The molecule has 1 saturated heterocycles. The number of amides is 1. The van der Waals surface area contributed by atoms with Gasteiger partial charge in [0, 0.05) is 37.5 Å². The summed E-state index contributed by atoms with van der Waals surface area (Å²) >= 11 is 0. The Morgan fingerprint density at radius 1 is 1.42 bits per heavy atom. The molecule has 1 amide bonds. The van der Waals surface area contributed by atoms with Crippen LogP contribution in [0, 0.1) is 0 Å². The van der Waals surface area contributed by atoms with E-state index in [1.54, 1.807) is 21.8 Å². The highest BCUT2D eigenvalue weighted by Crippen LogP contribution is 2.31.